The number of ether oxygens (including phenoxy) is 1. The largest absolute Gasteiger partial charge is 0.465 e. The molecule has 9 heteroatoms. The molecule has 0 spiro atoms. The van der Waals surface area contributed by atoms with E-state index in [-0.39, 0.29) is 23.7 Å². The minimum atomic E-state index is -3.11. The summed E-state index contributed by atoms with van der Waals surface area (Å²) >= 11 is 6.50. The molecule has 1 unspecified atom stereocenters. The van der Waals surface area contributed by atoms with Crippen LogP contribution in [0.3, 0.4) is 0 Å². The van der Waals surface area contributed by atoms with Crippen molar-refractivity contribution in [1.82, 2.24) is 9.78 Å². The lowest BCUT2D eigenvalue weighted by Crippen LogP contribution is -2.22. The van der Waals surface area contributed by atoms with Crippen LogP contribution < -0.4 is 0 Å². The normalized spacial score (nSPS) is 18.7. The molecule has 7 nitrogen and oxygen atoms in total. The van der Waals surface area contributed by atoms with Crippen LogP contribution >= 0.6 is 11.6 Å². The van der Waals surface area contributed by atoms with Crippen LogP contribution in [0.25, 0.3) is 27.8 Å². The number of halogens is 1. The van der Waals surface area contributed by atoms with Gasteiger partial charge < -0.3 is 4.74 Å². The Morgan fingerprint density at radius 2 is 1.76 bits per heavy atom. The van der Waals surface area contributed by atoms with Gasteiger partial charge in [0.2, 0.25) is 0 Å². The van der Waals surface area contributed by atoms with E-state index in [0.717, 1.165) is 10.9 Å². The van der Waals surface area contributed by atoms with Gasteiger partial charge in [-0.25, -0.2) is 17.9 Å². The summed E-state index contributed by atoms with van der Waals surface area (Å²) in [6.07, 6.45) is 0.627. The first-order valence-electron chi connectivity index (χ1n) is 11.8. The summed E-state index contributed by atoms with van der Waals surface area (Å²) in [5.74, 6) is -0.418. The smallest absolute Gasteiger partial charge is 0.337 e. The molecular weight excluding hydrogens is 512 g/mol. The Bertz CT molecular complexity index is 1640. The standard InChI is InChI=1S/C28H25ClN2O5S/c1-28(13-14-37(34,35)17-28)16-25(32)19-9-12-22-24(15-19)31(20-10-7-18(8-11-20)27(33)36-2)30-26(22)21-5-3-4-6-23(21)29/h3-12,15H,13-14,16-17H2,1-2H3. The topological polar surface area (TPSA) is 95.3 Å². The van der Waals surface area contributed by atoms with Crippen LogP contribution in [-0.2, 0) is 14.6 Å². The highest BCUT2D eigenvalue weighted by Crippen LogP contribution is 2.38. The van der Waals surface area contributed by atoms with Gasteiger partial charge in [0, 0.05) is 22.9 Å². The van der Waals surface area contributed by atoms with Gasteiger partial charge in [0.05, 0.1) is 40.4 Å². The lowest BCUT2D eigenvalue weighted by Gasteiger charge is -2.20. The number of Topliss-reactive ketones (excluding diaryl/α,β-unsaturated/α-hetero) is 1. The Morgan fingerprint density at radius 1 is 1.05 bits per heavy atom. The summed E-state index contributed by atoms with van der Waals surface area (Å²) in [5, 5.41) is 6.20. The molecule has 0 amide bonds. The van der Waals surface area contributed by atoms with Crippen LogP contribution in [0, 0.1) is 5.41 Å². The number of benzene rings is 3. The molecule has 1 aliphatic rings. The number of rotatable bonds is 6. The van der Waals surface area contributed by atoms with E-state index >= 15 is 0 Å². The van der Waals surface area contributed by atoms with E-state index in [9.17, 15) is 18.0 Å². The number of sulfone groups is 1. The molecule has 0 aliphatic carbocycles. The molecule has 0 bridgehead atoms. The zero-order chi connectivity index (χ0) is 26.4. The van der Waals surface area contributed by atoms with Crippen molar-refractivity contribution in [3.8, 4) is 16.9 Å². The van der Waals surface area contributed by atoms with Crippen molar-refractivity contribution in [3.05, 3.63) is 82.9 Å². The summed E-state index contributed by atoms with van der Waals surface area (Å²) in [5.41, 5.74) is 3.11. The maximum Gasteiger partial charge on any atom is 0.337 e. The van der Waals surface area contributed by atoms with Crippen molar-refractivity contribution in [3.63, 3.8) is 0 Å². The minimum Gasteiger partial charge on any atom is -0.465 e. The summed E-state index contributed by atoms with van der Waals surface area (Å²) in [4.78, 5) is 25.2. The van der Waals surface area contributed by atoms with E-state index in [1.54, 1.807) is 47.1 Å². The first kappa shape index (κ1) is 25.2. The highest BCUT2D eigenvalue weighted by Gasteiger charge is 2.40. The van der Waals surface area contributed by atoms with Gasteiger partial charge in [-0.2, -0.15) is 5.10 Å². The summed E-state index contributed by atoms with van der Waals surface area (Å²) in [6.45, 7) is 1.86. The van der Waals surface area contributed by atoms with Gasteiger partial charge >= 0.3 is 5.97 Å². The maximum absolute atomic E-state index is 13.3. The Hall–Kier alpha value is -3.49. The molecule has 1 saturated heterocycles. The molecular formula is C28H25ClN2O5S. The summed E-state index contributed by atoms with van der Waals surface area (Å²) in [6, 6.07) is 19.6. The molecule has 5 rings (SSSR count). The number of carbonyl (C=O) groups excluding carboxylic acids is 2. The number of esters is 1. The molecule has 0 N–H and O–H groups in total. The van der Waals surface area contributed by atoms with Crippen molar-refractivity contribution in [2.75, 3.05) is 18.6 Å². The number of methoxy groups -OCH3 is 1. The Balaban J connectivity index is 1.61. The molecule has 1 fully saturated rings. The fraction of sp³-hybridized carbons (Fsp3) is 0.250. The monoisotopic (exact) mass is 536 g/mol. The summed E-state index contributed by atoms with van der Waals surface area (Å²) < 4.78 is 30.6. The zero-order valence-electron chi connectivity index (χ0n) is 20.4. The van der Waals surface area contributed by atoms with Crippen LogP contribution in [-0.4, -0.2) is 48.6 Å². The molecule has 4 aromatic rings. The molecule has 3 aromatic carbocycles. The number of nitrogens with zero attached hydrogens (tertiary/aromatic N) is 2. The Kier molecular flexibility index (Phi) is 6.41. The zero-order valence-corrected chi connectivity index (χ0v) is 22.0. The first-order chi connectivity index (χ1) is 17.6. The predicted octanol–water partition coefficient (Wildman–Crippen LogP) is 5.53. The molecule has 37 heavy (non-hydrogen) atoms. The van der Waals surface area contributed by atoms with Gasteiger partial charge in [-0.1, -0.05) is 42.8 Å². The Morgan fingerprint density at radius 3 is 2.41 bits per heavy atom. The fourth-order valence-electron chi connectivity index (χ4n) is 4.90. The third-order valence-corrected chi connectivity index (χ3v) is 9.13. The van der Waals surface area contributed by atoms with E-state index < -0.39 is 21.2 Å². The maximum atomic E-state index is 13.3. The molecule has 0 saturated carbocycles. The van der Waals surface area contributed by atoms with E-state index in [4.69, 9.17) is 21.4 Å². The van der Waals surface area contributed by atoms with Crippen molar-refractivity contribution >= 4 is 44.1 Å². The van der Waals surface area contributed by atoms with Crippen molar-refractivity contribution in [2.24, 2.45) is 5.41 Å². The second kappa shape index (κ2) is 9.43. The minimum absolute atomic E-state index is 0.0229. The molecule has 0 radical (unpaired) electrons. The van der Waals surface area contributed by atoms with Gasteiger partial charge in [-0.05, 0) is 54.3 Å². The molecule has 1 aliphatic heterocycles. The number of hydrogen-bond donors (Lipinski definition) is 0. The number of hydrogen-bond acceptors (Lipinski definition) is 6. The molecule has 190 valence electrons. The highest BCUT2D eigenvalue weighted by atomic mass is 35.5. The molecule has 1 atom stereocenters. The second-order valence-electron chi connectivity index (χ2n) is 9.76. The second-order valence-corrected chi connectivity index (χ2v) is 12.4. The van der Waals surface area contributed by atoms with Crippen LogP contribution in [0.5, 0.6) is 0 Å². The lowest BCUT2D eigenvalue weighted by atomic mass is 9.83. The number of carbonyl (C=O) groups is 2. The van der Waals surface area contributed by atoms with E-state index in [1.807, 2.05) is 31.2 Å². The van der Waals surface area contributed by atoms with Gasteiger partial charge in [-0.3, -0.25) is 4.79 Å². The summed E-state index contributed by atoms with van der Waals surface area (Å²) in [7, 11) is -1.79. The SMILES string of the molecule is COC(=O)c1ccc(-n2nc(-c3ccccc3Cl)c3ccc(C(=O)CC4(C)CCS(=O)(=O)C4)cc32)cc1. The van der Waals surface area contributed by atoms with Gasteiger partial charge in [0.15, 0.2) is 15.6 Å². The van der Waals surface area contributed by atoms with E-state index in [0.29, 0.717) is 39.5 Å². The average Bonchev–Trinajstić information content (AvgIpc) is 3.39. The first-order valence-corrected chi connectivity index (χ1v) is 14.0. The third-order valence-electron chi connectivity index (χ3n) is 6.84. The van der Waals surface area contributed by atoms with Gasteiger partial charge in [0.25, 0.3) is 0 Å². The third kappa shape index (κ3) is 4.91. The van der Waals surface area contributed by atoms with E-state index in [1.165, 1.54) is 7.11 Å². The average molecular weight is 537 g/mol. The fourth-order valence-corrected chi connectivity index (χ4v) is 7.38. The number of fused-ring (bicyclic) bond motifs is 1. The Labute approximate surface area is 219 Å². The number of ketones is 1. The highest BCUT2D eigenvalue weighted by molar-refractivity contribution is 7.91. The van der Waals surface area contributed by atoms with Crippen LogP contribution in [0.4, 0.5) is 0 Å². The van der Waals surface area contributed by atoms with Crippen molar-refractivity contribution in [1.29, 1.82) is 0 Å². The number of aromatic nitrogens is 2. The van der Waals surface area contributed by atoms with Gasteiger partial charge in [-0.15, -0.1) is 0 Å². The van der Waals surface area contributed by atoms with Crippen LogP contribution in [0.1, 0.15) is 40.5 Å². The van der Waals surface area contributed by atoms with Crippen molar-refractivity contribution in [2.45, 2.75) is 19.8 Å². The van der Waals surface area contributed by atoms with Crippen LogP contribution in [0.15, 0.2) is 66.7 Å². The molecule has 1 aromatic heterocycles. The van der Waals surface area contributed by atoms with E-state index in [2.05, 4.69) is 0 Å². The predicted molar refractivity (Wildman–Crippen MR) is 143 cm³/mol. The van der Waals surface area contributed by atoms with Crippen molar-refractivity contribution < 1.29 is 22.7 Å². The molecule has 2 heterocycles. The lowest BCUT2D eigenvalue weighted by molar-refractivity contribution is 0.0600. The quantitative estimate of drug-likeness (QED) is 0.237. The van der Waals surface area contributed by atoms with Crippen LogP contribution in [0.2, 0.25) is 5.02 Å². The van der Waals surface area contributed by atoms with Gasteiger partial charge in [0.1, 0.15) is 5.69 Å².